The third kappa shape index (κ3) is 4.72. The van der Waals surface area contributed by atoms with Crippen molar-refractivity contribution >= 4 is 22.7 Å². The summed E-state index contributed by atoms with van der Waals surface area (Å²) in [6, 6.07) is 17.7. The average molecular weight is 470 g/mol. The summed E-state index contributed by atoms with van der Waals surface area (Å²) in [6.07, 6.45) is 1.56. The van der Waals surface area contributed by atoms with Crippen LogP contribution in [-0.4, -0.2) is 39.9 Å². The van der Waals surface area contributed by atoms with Gasteiger partial charge in [-0.25, -0.2) is 4.98 Å². The van der Waals surface area contributed by atoms with Gasteiger partial charge in [0.1, 0.15) is 17.7 Å². The molecule has 1 saturated heterocycles. The molecular formula is C25H22F3N3OS. The molecular weight excluding hydrogens is 447 g/mol. The fraction of sp³-hybridized carbons (Fsp3) is 0.240. The molecule has 2 aromatic carbocycles. The number of benzene rings is 2. The summed E-state index contributed by atoms with van der Waals surface area (Å²) in [4.78, 5) is 7.94. The highest BCUT2D eigenvalue weighted by Gasteiger charge is 2.31. The molecule has 0 atom stereocenters. The first-order valence-corrected chi connectivity index (χ1v) is 11.8. The van der Waals surface area contributed by atoms with Gasteiger partial charge >= 0.3 is 6.18 Å². The summed E-state index contributed by atoms with van der Waals surface area (Å²) >= 11 is 1.72. The van der Waals surface area contributed by atoms with Crippen molar-refractivity contribution in [1.82, 2.24) is 14.5 Å². The first-order valence-electron chi connectivity index (χ1n) is 10.6. The molecule has 0 saturated carbocycles. The molecule has 3 heterocycles. The summed E-state index contributed by atoms with van der Waals surface area (Å²) in [7, 11) is 0. The Bertz CT molecular complexity index is 1250. The normalized spacial score (nSPS) is 15.0. The SMILES string of the molecule is CSc1ccc2c(ccn2-c2ccc(OC3CN(Cc4ccc(C(F)(F)F)cc4)C3)cn2)c1. The Morgan fingerprint density at radius 2 is 1.82 bits per heavy atom. The van der Waals surface area contributed by atoms with Crippen molar-refractivity contribution in [1.29, 1.82) is 0 Å². The van der Waals surface area contributed by atoms with Crippen molar-refractivity contribution in [3.8, 4) is 11.6 Å². The lowest BCUT2D eigenvalue weighted by Gasteiger charge is -2.39. The minimum absolute atomic E-state index is 0.0458. The number of hydrogen-bond donors (Lipinski definition) is 0. The topological polar surface area (TPSA) is 30.3 Å². The monoisotopic (exact) mass is 469 g/mol. The Kier molecular flexibility index (Phi) is 5.80. The van der Waals surface area contributed by atoms with Crippen molar-refractivity contribution in [2.45, 2.75) is 23.7 Å². The second-order valence-electron chi connectivity index (χ2n) is 8.09. The summed E-state index contributed by atoms with van der Waals surface area (Å²) in [5, 5.41) is 1.17. The van der Waals surface area contributed by atoms with Crippen molar-refractivity contribution < 1.29 is 17.9 Å². The summed E-state index contributed by atoms with van der Waals surface area (Å²) in [6.45, 7) is 2.06. The van der Waals surface area contributed by atoms with Gasteiger partial charge in [-0.05, 0) is 60.4 Å². The Hall–Kier alpha value is -2.97. The van der Waals surface area contributed by atoms with Crippen molar-refractivity contribution in [3.63, 3.8) is 0 Å². The van der Waals surface area contributed by atoms with Gasteiger partial charge in [0.25, 0.3) is 0 Å². The van der Waals surface area contributed by atoms with E-state index in [2.05, 4.69) is 45.0 Å². The number of alkyl halides is 3. The second kappa shape index (κ2) is 8.76. The van der Waals surface area contributed by atoms with Crippen LogP contribution in [0, 0.1) is 0 Å². The molecule has 4 nitrogen and oxygen atoms in total. The quantitative estimate of drug-likeness (QED) is 0.323. The maximum absolute atomic E-state index is 12.7. The minimum atomic E-state index is -4.30. The zero-order valence-electron chi connectivity index (χ0n) is 17.9. The lowest BCUT2D eigenvalue weighted by atomic mass is 10.1. The van der Waals surface area contributed by atoms with Crippen LogP contribution in [0.5, 0.6) is 5.75 Å². The predicted octanol–water partition coefficient (Wildman–Crippen LogP) is 6.03. The van der Waals surface area contributed by atoms with Gasteiger partial charge in [-0.3, -0.25) is 4.90 Å². The predicted molar refractivity (Wildman–Crippen MR) is 124 cm³/mol. The number of nitrogens with zero attached hydrogens (tertiary/aromatic N) is 3. The zero-order valence-corrected chi connectivity index (χ0v) is 18.7. The van der Waals surface area contributed by atoms with Gasteiger partial charge in [0.2, 0.25) is 0 Å². The fourth-order valence-corrected chi connectivity index (χ4v) is 4.46. The van der Waals surface area contributed by atoms with Gasteiger partial charge in [-0.2, -0.15) is 13.2 Å². The maximum Gasteiger partial charge on any atom is 0.416 e. The van der Waals surface area contributed by atoms with Crippen LogP contribution >= 0.6 is 11.8 Å². The van der Waals surface area contributed by atoms with E-state index in [1.54, 1.807) is 18.0 Å². The number of hydrogen-bond acceptors (Lipinski definition) is 4. The van der Waals surface area contributed by atoms with E-state index in [4.69, 9.17) is 4.74 Å². The molecule has 1 aliphatic heterocycles. The molecule has 1 aliphatic rings. The van der Waals surface area contributed by atoms with Crippen LogP contribution in [0.1, 0.15) is 11.1 Å². The maximum atomic E-state index is 12.7. The number of thioether (sulfide) groups is 1. The number of ether oxygens (including phenoxy) is 1. The molecule has 170 valence electrons. The number of pyridine rings is 1. The van der Waals surface area contributed by atoms with Crippen molar-refractivity contribution in [2.75, 3.05) is 19.3 Å². The first-order chi connectivity index (χ1) is 15.9. The van der Waals surface area contributed by atoms with Gasteiger partial charge < -0.3 is 9.30 Å². The molecule has 0 radical (unpaired) electrons. The molecule has 0 amide bonds. The van der Waals surface area contributed by atoms with Gasteiger partial charge in [0.15, 0.2) is 0 Å². The van der Waals surface area contributed by atoms with E-state index in [-0.39, 0.29) is 6.10 Å². The summed E-state index contributed by atoms with van der Waals surface area (Å²) < 4.78 is 46.1. The number of fused-ring (bicyclic) bond motifs is 1. The van der Waals surface area contributed by atoms with Crippen molar-refractivity contribution in [2.24, 2.45) is 0 Å². The number of halogens is 3. The van der Waals surface area contributed by atoms with Crippen LogP contribution < -0.4 is 4.74 Å². The number of likely N-dealkylation sites (tertiary alicyclic amines) is 1. The Morgan fingerprint density at radius 3 is 2.48 bits per heavy atom. The molecule has 4 aromatic rings. The van der Waals surface area contributed by atoms with E-state index in [9.17, 15) is 13.2 Å². The molecule has 33 heavy (non-hydrogen) atoms. The standard InChI is InChI=1S/C25H22F3N3OS/c1-33-22-7-8-23-18(12-22)10-11-31(23)24-9-6-20(13-29-24)32-21-15-30(16-21)14-17-2-4-19(5-3-17)25(26,27)28/h2-13,21H,14-16H2,1H3. The van der Waals surface area contributed by atoms with Crippen LogP contribution in [-0.2, 0) is 12.7 Å². The van der Waals surface area contributed by atoms with Gasteiger partial charge in [-0.15, -0.1) is 11.8 Å². The van der Waals surface area contributed by atoms with Gasteiger partial charge in [0, 0.05) is 36.1 Å². The first kappa shape index (κ1) is 21.9. The molecule has 1 fully saturated rings. The highest BCUT2D eigenvalue weighted by molar-refractivity contribution is 7.98. The molecule has 0 bridgehead atoms. The smallest absolute Gasteiger partial charge is 0.416 e. The molecule has 8 heteroatoms. The third-order valence-electron chi connectivity index (χ3n) is 5.78. The lowest BCUT2D eigenvalue weighted by Crippen LogP contribution is -2.53. The highest BCUT2D eigenvalue weighted by Crippen LogP contribution is 2.30. The Balaban J connectivity index is 1.16. The minimum Gasteiger partial charge on any atom is -0.486 e. The molecule has 0 unspecified atom stereocenters. The highest BCUT2D eigenvalue weighted by atomic mass is 32.2. The Labute approximate surface area is 194 Å². The number of rotatable bonds is 6. The van der Waals surface area contributed by atoms with E-state index in [0.717, 1.165) is 42.1 Å². The molecule has 2 aromatic heterocycles. The van der Waals surface area contributed by atoms with Crippen LogP contribution in [0.3, 0.4) is 0 Å². The van der Waals surface area contributed by atoms with E-state index in [1.807, 2.05) is 18.3 Å². The zero-order chi connectivity index (χ0) is 23.0. The molecule has 0 spiro atoms. The Morgan fingerprint density at radius 1 is 1.03 bits per heavy atom. The molecule has 5 rings (SSSR count). The van der Waals surface area contributed by atoms with Crippen molar-refractivity contribution in [3.05, 3.63) is 84.2 Å². The van der Waals surface area contributed by atoms with E-state index < -0.39 is 11.7 Å². The van der Waals surface area contributed by atoms with Crippen LogP contribution in [0.15, 0.2) is 78.0 Å². The second-order valence-corrected chi connectivity index (χ2v) is 8.97. The largest absolute Gasteiger partial charge is 0.486 e. The third-order valence-corrected chi connectivity index (χ3v) is 6.50. The lowest BCUT2D eigenvalue weighted by molar-refractivity contribution is -0.137. The van der Waals surface area contributed by atoms with Gasteiger partial charge in [-0.1, -0.05) is 12.1 Å². The van der Waals surface area contributed by atoms with E-state index in [1.165, 1.54) is 22.4 Å². The van der Waals surface area contributed by atoms with Crippen LogP contribution in [0.25, 0.3) is 16.7 Å². The van der Waals surface area contributed by atoms with Gasteiger partial charge in [0.05, 0.1) is 17.3 Å². The van der Waals surface area contributed by atoms with E-state index >= 15 is 0 Å². The van der Waals surface area contributed by atoms with Crippen LogP contribution in [0.4, 0.5) is 13.2 Å². The molecule has 0 aliphatic carbocycles. The summed E-state index contributed by atoms with van der Waals surface area (Å²) in [5.41, 5.74) is 1.34. The van der Waals surface area contributed by atoms with Crippen LogP contribution in [0.2, 0.25) is 0 Å². The number of aromatic nitrogens is 2. The fourth-order valence-electron chi connectivity index (χ4n) is 4.01. The average Bonchev–Trinajstić information content (AvgIpc) is 3.21. The van der Waals surface area contributed by atoms with E-state index in [0.29, 0.717) is 12.3 Å². The molecule has 0 N–H and O–H groups in total. The summed E-state index contributed by atoms with van der Waals surface area (Å²) in [5.74, 6) is 1.53.